The van der Waals surface area contributed by atoms with Gasteiger partial charge in [0.1, 0.15) is 18.2 Å². The summed E-state index contributed by atoms with van der Waals surface area (Å²) in [5, 5.41) is 2.50. The van der Waals surface area contributed by atoms with Gasteiger partial charge >= 0.3 is 12.1 Å². The van der Waals surface area contributed by atoms with Crippen LogP contribution >= 0.6 is 0 Å². The summed E-state index contributed by atoms with van der Waals surface area (Å²) in [5.74, 6) is -0.747. The van der Waals surface area contributed by atoms with Gasteiger partial charge in [-0.15, -0.1) is 0 Å². The lowest BCUT2D eigenvalue weighted by molar-refractivity contribution is -0.147. The number of nitrogens with zero attached hydrogens (tertiary/aromatic N) is 1. The molecule has 0 aromatic heterocycles. The number of alkyl carbamates (subject to hydrolysis) is 1. The molecule has 1 rings (SSSR count). The zero-order chi connectivity index (χ0) is 19.7. The SMILES string of the molecule is CN(C)C(=O)CC[C@H](NC(=O)OC(C)(C)C)C(=O)OCc1ccccc1. The number of nitrogens with one attached hydrogen (secondary N) is 1. The second-order valence-corrected chi connectivity index (χ2v) is 7.12. The highest BCUT2D eigenvalue weighted by atomic mass is 16.6. The fourth-order valence-corrected chi connectivity index (χ4v) is 2.02. The van der Waals surface area contributed by atoms with Gasteiger partial charge in [-0.25, -0.2) is 9.59 Å². The van der Waals surface area contributed by atoms with Crippen molar-refractivity contribution in [3.63, 3.8) is 0 Å². The second-order valence-electron chi connectivity index (χ2n) is 7.12. The van der Waals surface area contributed by atoms with Crippen molar-refractivity contribution in [1.29, 1.82) is 0 Å². The molecule has 0 aliphatic rings. The van der Waals surface area contributed by atoms with Crippen molar-refractivity contribution >= 4 is 18.0 Å². The van der Waals surface area contributed by atoms with Crippen LogP contribution in [0, 0.1) is 0 Å². The van der Waals surface area contributed by atoms with Gasteiger partial charge in [0.15, 0.2) is 0 Å². The predicted molar refractivity (Wildman–Crippen MR) is 97.3 cm³/mol. The molecule has 0 unspecified atom stereocenters. The summed E-state index contributed by atoms with van der Waals surface area (Å²) in [7, 11) is 3.26. The van der Waals surface area contributed by atoms with E-state index < -0.39 is 23.7 Å². The van der Waals surface area contributed by atoms with Crippen molar-refractivity contribution in [2.24, 2.45) is 0 Å². The van der Waals surface area contributed by atoms with Gasteiger partial charge < -0.3 is 19.7 Å². The monoisotopic (exact) mass is 364 g/mol. The van der Waals surface area contributed by atoms with Crippen molar-refractivity contribution in [2.75, 3.05) is 14.1 Å². The highest BCUT2D eigenvalue weighted by Crippen LogP contribution is 2.10. The summed E-state index contributed by atoms with van der Waals surface area (Å²) in [6.07, 6.45) is -0.492. The average Bonchev–Trinajstić information content (AvgIpc) is 2.55. The lowest BCUT2D eigenvalue weighted by atomic mass is 10.1. The number of hydrogen-bond acceptors (Lipinski definition) is 5. The molecule has 0 spiro atoms. The molecule has 0 radical (unpaired) electrons. The Morgan fingerprint density at radius 2 is 1.73 bits per heavy atom. The number of ether oxygens (including phenoxy) is 2. The highest BCUT2D eigenvalue weighted by molar-refractivity contribution is 5.83. The Bertz CT molecular complexity index is 608. The molecule has 1 atom stereocenters. The van der Waals surface area contributed by atoms with Gasteiger partial charge in [0.25, 0.3) is 0 Å². The number of benzene rings is 1. The summed E-state index contributed by atoms with van der Waals surface area (Å²) >= 11 is 0. The minimum Gasteiger partial charge on any atom is -0.459 e. The van der Waals surface area contributed by atoms with E-state index in [4.69, 9.17) is 9.47 Å². The quantitative estimate of drug-likeness (QED) is 0.752. The first kappa shape index (κ1) is 21.5. The summed E-state index contributed by atoms with van der Waals surface area (Å²) in [5.41, 5.74) is 0.142. The molecule has 7 nitrogen and oxygen atoms in total. The molecule has 26 heavy (non-hydrogen) atoms. The van der Waals surface area contributed by atoms with E-state index in [-0.39, 0.29) is 25.4 Å². The van der Waals surface area contributed by atoms with Crippen molar-refractivity contribution in [3.8, 4) is 0 Å². The van der Waals surface area contributed by atoms with Crippen LogP contribution in [0.4, 0.5) is 4.79 Å². The summed E-state index contributed by atoms with van der Waals surface area (Å²) in [6.45, 7) is 5.27. The smallest absolute Gasteiger partial charge is 0.408 e. The minimum absolute atomic E-state index is 0.0911. The predicted octanol–water partition coefficient (Wildman–Crippen LogP) is 2.49. The van der Waals surface area contributed by atoms with E-state index in [2.05, 4.69) is 5.32 Å². The Hall–Kier alpha value is -2.57. The topological polar surface area (TPSA) is 84.9 Å². The van der Waals surface area contributed by atoms with Crippen molar-refractivity contribution in [2.45, 2.75) is 51.9 Å². The van der Waals surface area contributed by atoms with E-state index in [0.29, 0.717) is 0 Å². The van der Waals surface area contributed by atoms with E-state index >= 15 is 0 Å². The summed E-state index contributed by atoms with van der Waals surface area (Å²) in [4.78, 5) is 37.6. The first-order valence-corrected chi connectivity index (χ1v) is 8.48. The maximum Gasteiger partial charge on any atom is 0.408 e. The fraction of sp³-hybridized carbons (Fsp3) is 0.526. The number of hydrogen-bond donors (Lipinski definition) is 1. The number of amides is 2. The number of carbonyl (C=O) groups is 3. The molecule has 0 saturated heterocycles. The Morgan fingerprint density at radius 1 is 1.12 bits per heavy atom. The third-order valence-electron chi connectivity index (χ3n) is 3.35. The minimum atomic E-state index is -0.961. The molecular formula is C19H28N2O5. The van der Waals surface area contributed by atoms with Crippen LogP contribution < -0.4 is 5.32 Å². The number of carbonyl (C=O) groups excluding carboxylic acids is 3. The summed E-state index contributed by atoms with van der Waals surface area (Å²) in [6, 6.07) is 8.26. The zero-order valence-electron chi connectivity index (χ0n) is 16.1. The number of esters is 1. The van der Waals surface area contributed by atoms with Gasteiger partial charge in [-0.3, -0.25) is 4.79 Å². The van der Waals surface area contributed by atoms with Gasteiger partial charge in [0, 0.05) is 20.5 Å². The van der Waals surface area contributed by atoms with Crippen LogP contribution in [-0.4, -0.2) is 48.6 Å². The maximum atomic E-state index is 12.4. The molecule has 0 heterocycles. The molecular weight excluding hydrogens is 336 g/mol. The van der Waals surface area contributed by atoms with Crippen molar-refractivity contribution < 1.29 is 23.9 Å². The van der Waals surface area contributed by atoms with Crippen LogP contribution in [0.2, 0.25) is 0 Å². The van der Waals surface area contributed by atoms with Crippen LogP contribution in [-0.2, 0) is 25.7 Å². The molecule has 0 aliphatic carbocycles. The molecule has 0 aliphatic heterocycles. The zero-order valence-corrected chi connectivity index (χ0v) is 16.1. The van der Waals surface area contributed by atoms with Crippen LogP contribution in [0.5, 0.6) is 0 Å². The highest BCUT2D eigenvalue weighted by Gasteiger charge is 2.26. The normalized spacial score (nSPS) is 12.0. The standard InChI is InChI=1S/C19H28N2O5/c1-19(2,3)26-18(24)20-15(11-12-16(22)21(4)5)17(23)25-13-14-9-7-6-8-10-14/h6-10,15H,11-13H2,1-5H3,(H,20,24)/t15-/m0/s1. The van der Waals surface area contributed by atoms with E-state index in [0.717, 1.165) is 5.56 Å². The van der Waals surface area contributed by atoms with Crippen LogP contribution in [0.15, 0.2) is 30.3 Å². The lowest BCUT2D eigenvalue weighted by Crippen LogP contribution is -2.44. The van der Waals surface area contributed by atoms with Crippen LogP contribution in [0.25, 0.3) is 0 Å². The molecule has 144 valence electrons. The van der Waals surface area contributed by atoms with E-state index in [1.807, 2.05) is 30.3 Å². The van der Waals surface area contributed by atoms with Gasteiger partial charge in [-0.05, 0) is 32.8 Å². The van der Waals surface area contributed by atoms with Gasteiger partial charge in [-0.1, -0.05) is 30.3 Å². The molecule has 2 amide bonds. The van der Waals surface area contributed by atoms with Gasteiger partial charge in [0.05, 0.1) is 0 Å². The molecule has 0 fully saturated rings. The number of rotatable bonds is 7. The Balaban J connectivity index is 2.69. The Morgan fingerprint density at radius 3 is 2.27 bits per heavy atom. The van der Waals surface area contributed by atoms with E-state index in [9.17, 15) is 14.4 Å². The first-order valence-electron chi connectivity index (χ1n) is 8.48. The molecule has 1 aromatic carbocycles. The van der Waals surface area contributed by atoms with Gasteiger partial charge in [0.2, 0.25) is 5.91 Å². The third kappa shape index (κ3) is 8.50. The van der Waals surface area contributed by atoms with E-state index in [1.54, 1.807) is 34.9 Å². The molecule has 7 heteroatoms. The fourth-order valence-electron chi connectivity index (χ4n) is 2.02. The molecule has 0 bridgehead atoms. The largest absolute Gasteiger partial charge is 0.459 e. The van der Waals surface area contributed by atoms with Gasteiger partial charge in [-0.2, -0.15) is 0 Å². The van der Waals surface area contributed by atoms with Crippen LogP contribution in [0.1, 0.15) is 39.2 Å². The van der Waals surface area contributed by atoms with Crippen molar-refractivity contribution in [1.82, 2.24) is 10.2 Å². The molecule has 1 N–H and O–H groups in total. The van der Waals surface area contributed by atoms with Crippen molar-refractivity contribution in [3.05, 3.63) is 35.9 Å². The maximum absolute atomic E-state index is 12.4. The average molecular weight is 364 g/mol. The molecule has 1 aromatic rings. The second kappa shape index (κ2) is 9.79. The summed E-state index contributed by atoms with van der Waals surface area (Å²) < 4.78 is 10.5. The third-order valence-corrected chi connectivity index (χ3v) is 3.35. The Labute approximate surface area is 154 Å². The van der Waals surface area contributed by atoms with Crippen LogP contribution in [0.3, 0.4) is 0 Å². The molecule has 0 saturated carbocycles. The lowest BCUT2D eigenvalue weighted by Gasteiger charge is -2.23. The van der Waals surface area contributed by atoms with E-state index in [1.165, 1.54) is 4.90 Å². The Kier molecular flexibility index (Phi) is 8.09. The first-order chi connectivity index (χ1) is 12.1.